The van der Waals surface area contributed by atoms with Crippen LogP contribution < -0.4 is 20.3 Å². The van der Waals surface area contributed by atoms with E-state index in [1.807, 2.05) is 0 Å². The summed E-state index contributed by atoms with van der Waals surface area (Å²) in [6.45, 7) is -0.501. The van der Waals surface area contributed by atoms with Gasteiger partial charge in [-0.25, -0.2) is 9.78 Å². The number of benzene rings is 3. The highest BCUT2D eigenvalue weighted by Crippen LogP contribution is 2.28. The molecular formula is C26H23N3O6. The van der Waals surface area contributed by atoms with Gasteiger partial charge < -0.3 is 24.5 Å². The number of esters is 1. The van der Waals surface area contributed by atoms with E-state index in [0.29, 0.717) is 39.5 Å². The molecule has 1 heterocycles. The molecule has 0 bridgehead atoms. The molecule has 0 aliphatic rings. The highest BCUT2D eigenvalue weighted by atomic mass is 16.5. The number of carbonyl (C=O) groups is 2. The Morgan fingerprint density at radius 3 is 2.54 bits per heavy atom. The van der Waals surface area contributed by atoms with Crippen LogP contribution in [0.15, 0.2) is 71.5 Å². The van der Waals surface area contributed by atoms with E-state index >= 15 is 0 Å². The van der Waals surface area contributed by atoms with Crippen molar-refractivity contribution in [1.29, 1.82) is 0 Å². The molecule has 1 aromatic heterocycles. The van der Waals surface area contributed by atoms with Crippen molar-refractivity contribution in [3.05, 3.63) is 94.0 Å². The summed E-state index contributed by atoms with van der Waals surface area (Å²) in [5.74, 6) is 0.177. The van der Waals surface area contributed by atoms with Gasteiger partial charge in [0.25, 0.3) is 11.5 Å². The van der Waals surface area contributed by atoms with Gasteiger partial charge in [0.2, 0.25) is 0 Å². The normalized spacial score (nSPS) is 10.6. The van der Waals surface area contributed by atoms with E-state index in [2.05, 4.69) is 15.3 Å². The van der Waals surface area contributed by atoms with Crippen LogP contribution in [0.5, 0.6) is 11.5 Å². The molecule has 0 aliphatic carbocycles. The van der Waals surface area contributed by atoms with E-state index in [1.54, 1.807) is 66.7 Å². The van der Waals surface area contributed by atoms with Gasteiger partial charge in [-0.05, 0) is 35.9 Å². The SMILES string of the molecule is COc1ccc(OC)c(NC(=O)COC(=O)c2ccccc2Cc2nc3ccccc3c(=O)[nH]2)c1. The van der Waals surface area contributed by atoms with Gasteiger partial charge >= 0.3 is 5.97 Å². The zero-order valence-corrected chi connectivity index (χ0v) is 19.2. The number of methoxy groups -OCH3 is 2. The third-order valence-corrected chi connectivity index (χ3v) is 5.27. The lowest BCUT2D eigenvalue weighted by Gasteiger charge is -2.12. The number of para-hydroxylation sites is 1. The number of H-pyrrole nitrogens is 1. The molecule has 178 valence electrons. The van der Waals surface area contributed by atoms with Crippen LogP contribution in [0.2, 0.25) is 0 Å². The van der Waals surface area contributed by atoms with Crippen LogP contribution in [-0.4, -0.2) is 42.7 Å². The number of carbonyl (C=O) groups excluding carboxylic acids is 2. The Bertz CT molecular complexity index is 1450. The van der Waals surface area contributed by atoms with Crippen molar-refractivity contribution in [2.75, 3.05) is 26.1 Å². The van der Waals surface area contributed by atoms with Crippen molar-refractivity contribution >= 4 is 28.5 Å². The summed E-state index contributed by atoms with van der Waals surface area (Å²) in [5.41, 5.74) is 1.58. The fraction of sp³-hybridized carbons (Fsp3) is 0.154. The molecule has 1 amide bonds. The second-order valence-electron chi connectivity index (χ2n) is 7.55. The number of nitrogens with zero attached hydrogens (tertiary/aromatic N) is 1. The maximum absolute atomic E-state index is 12.8. The van der Waals surface area contributed by atoms with E-state index in [-0.39, 0.29) is 17.5 Å². The third kappa shape index (κ3) is 5.47. The minimum Gasteiger partial charge on any atom is -0.497 e. The number of aromatic nitrogens is 2. The van der Waals surface area contributed by atoms with Gasteiger partial charge in [0, 0.05) is 12.5 Å². The molecule has 0 spiro atoms. The van der Waals surface area contributed by atoms with E-state index in [1.165, 1.54) is 14.2 Å². The Labute approximate surface area is 200 Å². The molecule has 35 heavy (non-hydrogen) atoms. The first-order valence-corrected chi connectivity index (χ1v) is 10.7. The van der Waals surface area contributed by atoms with Crippen LogP contribution in [0.25, 0.3) is 10.9 Å². The van der Waals surface area contributed by atoms with E-state index < -0.39 is 18.5 Å². The Hall–Kier alpha value is -4.66. The zero-order valence-electron chi connectivity index (χ0n) is 19.2. The van der Waals surface area contributed by atoms with Gasteiger partial charge in [-0.15, -0.1) is 0 Å². The van der Waals surface area contributed by atoms with Crippen LogP contribution in [0, 0.1) is 0 Å². The highest BCUT2D eigenvalue weighted by molar-refractivity contribution is 5.97. The first-order valence-electron chi connectivity index (χ1n) is 10.7. The van der Waals surface area contributed by atoms with Crippen molar-refractivity contribution in [3.63, 3.8) is 0 Å². The molecule has 0 unspecified atom stereocenters. The highest BCUT2D eigenvalue weighted by Gasteiger charge is 2.17. The van der Waals surface area contributed by atoms with Gasteiger partial charge in [-0.1, -0.05) is 30.3 Å². The first kappa shape index (κ1) is 23.5. The quantitative estimate of drug-likeness (QED) is 0.377. The number of aromatic amines is 1. The summed E-state index contributed by atoms with van der Waals surface area (Å²) >= 11 is 0. The van der Waals surface area contributed by atoms with Crippen molar-refractivity contribution in [2.24, 2.45) is 0 Å². The van der Waals surface area contributed by atoms with Gasteiger partial charge in [0.1, 0.15) is 17.3 Å². The minimum atomic E-state index is -0.670. The molecule has 4 rings (SSSR count). The van der Waals surface area contributed by atoms with Crippen LogP contribution in [0.3, 0.4) is 0 Å². The van der Waals surface area contributed by atoms with Gasteiger partial charge in [-0.2, -0.15) is 0 Å². The number of amides is 1. The molecule has 4 aromatic rings. The number of fused-ring (bicyclic) bond motifs is 1. The van der Waals surface area contributed by atoms with Gasteiger partial charge in [0.05, 0.1) is 36.4 Å². The fourth-order valence-corrected chi connectivity index (χ4v) is 3.58. The standard InChI is InChI=1S/C26H23N3O6/c1-33-17-11-12-22(34-2)21(14-17)28-24(30)15-35-26(32)18-8-4-3-7-16(18)13-23-27-20-10-6-5-9-19(20)25(31)29-23/h3-12,14H,13,15H2,1-2H3,(H,28,30)(H,27,29,31). The van der Waals surface area contributed by atoms with Gasteiger partial charge in [-0.3, -0.25) is 9.59 Å². The summed E-state index contributed by atoms with van der Waals surface area (Å²) in [6, 6.07) is 18.8. The molecule has 0 fully saturated rings. The second kappa shape index (κ2) is 10.5. The van der Waals surface area contributed by atoms with Crippen molar-refractivity contribution in [1.82, 2.24) is 9.97 Å². The second-order valence-corrected chi connectivity index (χ2v) is 7.55. The molecule has 9 nitrogen and oxygen atoms in total. The predicted octanol–water partition coefficient (Wildman–Crippen LogP) is 3.33. The monoisotopic (exact) mass is 473 g/mol. The third-order valence-electron chi connectivity index (χ3n) is 5.27. The minimum absolute atomic E-state index is 0.207. The molecule has 0 radical (unpaired) electrons. The molecule has 0 saturated heterocycles. The van der Waals surface area contributed by atoms with Crippen molar-refractivity contribution < 1.29 is 23.8 Å². The lowest BCUT2D eigenvalue weighted by molar-refractivity contribution is -0.119. The maximum atomic E-state index is 12.8. The zero-order chi connectivity index (χ0) is 24.8. The lowest BCUT2D eigenvalue weighted by Crippen LogP contribution is -2.22. The lowest BCUT2D eigenvalue weighted by atomic mass is 10.0. The van der Waals surface area contributed by atoms with E-state index in [9.17, 15) is 14.4 Å². The molecule has 2 N–H and O–H groups in total. The summed E-state index contributed by atoms with van der Waals surface area (Å²) in [7, 11) is 2.99. The summed E-state index contributed by atoms with van der Waals surface area (Å²) in [5, 5.41) is 3.14. The van der Waals surface area contributed by atoms with Crippen LogP contribution in [-0.2, 0) is 16.0 Å². The summed E-state index contributed by atoms with van der Waals surface area (Å²) < 4.78 is 15.7. The molecule has 0 aliphatic heterocycles. The first-order chi connectivity index (χ1) is 17.0. The number of hydrogen-bond donors (Lipinski definition) is 2. The number of anilines is 1. The smallest absolute Gasteiger partial charge is 0.338 e. The molecule has 0 saturated carbocycles. The predicted molar refractivity (Wildman–Crippen MR) is 130 cm³/mol. The van der Waals surface area contributed by atoms with Crippen LogP contribution >= 0.6 is 0 Å². The summed E-state index contributed by atoms with van der Waals surface area (Å²) in [6.07, 6.45) is 0.207. The maximum Gasteiger partial charge on any atom is 0.338 e. The summed E-state index contributed by atoms with van der Waals surface area (Å²) in [4.78, 5) is 44.8. The Morgan fingerprint density at radius 1 is 0.971 bits per heavy atom. The van der Waals surface area contributed by atoms with Crippen molar-refractivity contribution in [3.8, 4) is 11.5 Å². The van der Waals surface area contributed by atoms with E-state index in [4.69, 9.17) is 14.2 Å². The number of hydrogen-bond acceptors (Lipinski definition) is 7. The number of nitrogens with one attached hydrogen (secondary N) is 2. The average Bonchev–Trinajstić information content (AvgIpc) is 2.87. The Morgan fingerprint density at radius 2 is 1.74 bits per heavy atom. The van der Waals surface area contributed by atoms with Crippen molar-refractivity contribution in [2.45, 2.75) is 6.42 Å². The molecular weight excluding hydrogens is 450 g/mol. The van der Waals surface area contributed by atoms with E-state index in [0.717, 1.165) is 0 Å². The largest absolute Gasteiger partial charge is 0.497 e. The fourth-order valence-electron chi connectivity index (χ4n) is 3.58. The van der Waals surface area contributed by atoms with Crippen LogP contribution in [0.1, 0.15) is 21.7 Å². The number of ether oxygens (including phenoxy) is 3. The topological polar surface area (TPSA) is 120 Å². The molecule has 9 heteroatoms. The average molecular weight is 473 g/mol. The molecule has 0 atom stereocenters. The molecule has 3 aromatic carbocycles. The Balaban J connectivity index is 1.46. The van der Waals surface area contributed by atoms with Crippen LogP contribution in [0.4, 0.5) is 5.69 Å². The Kier molecular flexibility index (Phi) is 7.06. The van der Waals surface area contributed by atoms with Gasteiger partial charge in [0.15, 0.2) is 6.61 Å². The number of rotatable bonds is 8.